The summed E-state index contributed by atoms with van der Waals surface area (Å²) in [7, 11) is 0. The standard InChI is InChI=1S/C59H38N2S4/c1-3-15-51-50(4-2)64-58-54(62-51)32-30-48-56(58)42-34-38(36-16-7-5-8-17-36)24-26-46(42)60(48)44-28-29-45(41-21-12-11-20-40(41)44)61-47-27-25-39(37-18-9-6-10-19-37)35-43(47)57-49(61)31-33-55-59(57)65-53-23-14-13-22-52(53)63-55/h3-35H,2H2,1H3/b15-3-. The minimum Gasteiger partial charge on any atom is -0.309 e. The minimum atomic E-state index is 1.16. The molecule has 6 heteroatoms. The van der Waals surface area contributed by atoms with Crippen LogP contribution in [0.25, 0.3) is 88.0 Å². The molecule has 11 aromatic rings. The largest absolute Gasteiger partial charge is 0.309 e. The van der Waals surface area contributed by atoms with Crippen LogP contribution in [0.4, 0.5) is 0 Å². The van der Waals surface area contributed by atoms with Crippen molar-refractivity contribution in [2.45, 2.75) is 36.3 Å². The Bertz CT molecular complexity index is 3860. The van der Waals surface area contributed by atoms with Crippen LogP contribution in [0, 0.1) is 0 Å². The van der Waals surface area contributed by atoms with Gasteiger partial charge in [-0.1, -0.05) is 181 Å². The van der Waals surface area contributed by atoms with Crippen LogP contribution >= 0.6 is 47.0 Å². The van der Waals surface area contributed by atoms with Crippen molar-refractivity contribution in [1.29, 1.82) is 0 Å². The van der Waals surface area contributed by atoms with E-state index in [2.05, 4.69) is 217 Å². The Hall–Kier alpha value is -6.54. The third-order valence-electron chi connectivity index (χ3n) is 12.7. The Morgan fingerprint density at radius 2 is 0.862 bits per heavy atom. The molecule has 0 amide bonds. The number of rotatable bonds is 6. The first-order valence-corrected chi connectivity index (χ1v) is 25.1. The highest BCUT2D eigenvalue weighted by atomic mass is 32.2. The van der Waals surface area contributed by atoms with Gasteiger partial charge in [-0.25, -0.2) is 0 Å². The molecule has 2 aromatic heterocycles. The fraction of sp³-hybridized carbons (Fsp3) is 0.0169. The van der Waals surface area contributed by atoms with E-state index in [1.807, 2.05) is 53.1 Å². The molecule has 0 spiro atoms. The lowest BCUT2D eigenvalue weighted by atomic mass is 10.0. The van der Waals surface area contributed by atoms with E-state index in [1.165, 1.54) is 122 Å². The first-order chi connectivity index (χ1) is 32.1. The number of nitrogens with zero attached hydrogens (tertiary/aromatic N) is 2. The second-order valence-electron chi connectivity index (χ2n) is 16.4. The maximum absolute atomic E-state index is 4.25. The molecular formula is C59H38N2S4. The molecule has 0 N–H and O–H groups in total. The molecule has 0 unspecified atom stereocenters. The van der Waals surface area contributed by atoms with Gasteiger partial charge in [0.15, 0.2) is 0 Å². The van der Waals surface area contributed by atoms with Gasteiger partial charge in [0.25, 0.3) is 0 Å². The second-order valence-corrected chi connectivity index (χ2v) is 20.6. The van der Waals surface area contributed by atoms with Crippen LogP contribution in [-0.2, 0) is 0 Å². The summed E-state index contributed by atoms with van der Waals surface area (Å²) in [6, 6.07) is 67.5. The van der Waals surface area contributed by atoms with E-state index in [1.54, 1.807) is 0 Å². The highest BCUT2D eigenvalue weighted by Gasteiger charge is 2.27. The molecule has 13 rings (SSSR count). The maximum Gasteiger partial charge on any atom is 0.0553 e. The normalized spacial score (nSPS) is 13.6. The number of hydrogen-bond donors (Lipinski definition) is 0. The predicted octanol–water partition coefficient (Wildman–Crippen LogP) is 18.2. The molecule has 0 atom stereocenters. The van der Waals surface area contributed by atoms with Crippen molar-refractivity contribution < 1.29 is 0 Å². The monoisotopic (exact) mass is 902 g/mol. The summed E-state index contributed by atoms with van der Waals surface area (Å²) >= 11 is 7.47. The van der Waals surface area contributed by atoms with Gasteiger partial charge in [0.1, 0.15) is 0 Å². The molecule has 0 saturated carbocycles. The fourth-order valence-corrected chi connectivity index (χ4v) is 14.7. The van der Waals surface area contributed by atoms with Gasteiger partial charge in [0.2, 0.25) is 0 Å². The highest BCUT2D eigenvalue weighted by Crippen LogP contribution is 2.55. The first-order valence-electron chi connectivity index (χ1n) is 21.8. The third-order valence-corrected chi connectivity index (χ3v) is 18.0. The SMILES string of the molecule is C=CC1=C(/C=C\C)Sc2ccc3c(c2S1)c1cc(-c2ccccc2)ccc1n3-c1ccc(-n2c3ccc(-c4ccccc4)cc3c3c4c(ccc32)Sc2ccccc2S4)c2ccccc12. The molecule has 2 aliphatic rings. The van der Waals surface area contributed by atoms with Crippen LogP contribution in [0.1, 0.15) is 6.92 Å². The van der Waals surface area contributed by atoms with Crippen LogP contribution < -0.4 is 0 Å². The number of hydrogen-bond acceptors (Lipinski definition) is 4. The zero-order valence-electron chi connectivity index (χ0n) is 35.3. The van der Waals surface area contributed by atoms with Gasteiger partial charge in [0, 0.05) is 71.5 Å². The quantitative estimate of drug-likeness (QED) is 0.164. The first kappa shape index (κ1) is 38.9. The van der Waals surface area contributed by atoms with Gasteiger partial charge in [-0.05, 0) is 102 Å². The van der Waals surface area contributed by atoms with E-state index in [-0.39, 0.29) is 0 Å². The van der Waals surface area contributed by atoms with E-state index >= 15 is 0 Å². The van der Waals surface area contributed by atoms with E-state index in [4.69, 9.17) is 0 Å². The van der Waals surface area contributed by atoms with Gasteiger partial charge < -0.3 is 9.13 Å². The van der Waals surface area contributed by atoms with Gasteiger partial charge >= 0.3 is 0 Å². The van der Waals surface area contributed by atoms with Crippen molar-refractivity contribution in [1.82, 2.24) is 9.13 Å². The van der Waals surface area contributed by atoms with Crippen LogP contribution in [0.5, 0.6) is 0 Å². The van der Waals surface area contributed by atoms with E-state index in [9.17, 15) is 0 Å². The summed E-state index contributed by atoms with van der Waals surface area (Å²) in [4.78, 5) is 10.2. The summed E-state index contributed by atoms with van der Waals surface area (Å²) in [5.41, 5.74) is 12.0. The molecule has 0 fully saturated rings. The molecule has 0 bridgehead atoms. The van der Waals surface area contributed by atoms with Gasteiger partial charge in [-0.3, -0.25) is 0 Å². The molecule has 308 valence electrons. The van der Waals surface area contributed by atoms with Gasteiger partial charge in [-0.15, -0.1) is 0 Å². The average Bonchev–Trinajstić information content (AvgIpc) is 3.88. The summed E-state index contributed by atoms with van der Waals surface area (Å²) in [5, 5.41) is 7.49. The van der Waals surface area contributed by atoms with Crippen molar-refractivity contribution in [3.05, 3.63) is 217 Å². The van der Waals surface area contributed by atoms with Crippen LogP contribution in [0.2, 0.25) is 0 Å². The number of aromatic nitrogens is 2. The van der Waals surface area contributed by atoms with E-state index in [0.29, 0.717) is 0 Å². The molecule has 0 saturated heterocycles. The summed E-state index contributed by atoms with van der Waals surface area (Å²) in [5.74, 6) is 0. The van der Waals surface area contributed by atoms with Crippen molar-refractivity contribution in [2.24, 2.45) is 0 Å². The average molecular weight is 903 g/mol. The number of allylic oxidation sites excluding steroid dienone is 3. The van der Waals surface area contributed by atoms with Crippen molar-refractivity contribution in [2.75, 3.05) is 0 Å². The Morgan fingerprint density at radius 3 is 1.40 bits per heavy atom. The smallest absolute Gasteiger partial charge is 0.0553 e. The van der Waals surface area contributed by atoms with Crippen molar-refractivity contribution in [3.63, 3.8) is 0 Å². The van der Waals surface area contributed by atoms with Gasteiger partial charge in [0.05, 0.1) is 33.4 Å². The lowest BCUT2D eigenvalue weighted by Gasteiger charge is -2.20. The van der Waals surface area contributed by atoms with Crippen LogP contribution in [0.15, 0.2) is 246 Å². The van der Waals surface area contributed by atoms with Crippen molar-refractivity contribution >= 4 is 101 Å². The zero-order valence-corrected chi connectivity index (χ0v) is 38.6. The third kappa shape index (κ3) is 6.15. The Labute approximate surface area is 394 Å². The van der Waals surface area contributed by atoms with Crippen LogP contribution in [-0.4, -0.2) is 9.13 Å². The molecule has 2 aliphatic heterocycles. The molecular weight excluding hydrogens is 865 g/mol. The number of benzene rings is 9. The Kier molecular flexibility index (Phi) is 9.31. The molecule has 2 nitrogen and oxygen atoms in total. The predicted molar refractivity (Wildman–Crippen MR) is 282 cm³/mol. The second kappa shape index (κ2) is 15.6. The molecule has 4 heterocycles. The lowest BCUT2D eigenvalue weighted by Crippen LogP contribution is -2.00. The molecule has 65 heavy (non-hydrogen) atoms. The molecule has 9 aromatic carbocycles. The molecule has 0 aliphatic carbocycles. The zero-order chi connectivity index (χ0) is 43.2. The highest BCUT2D eigenvalue weighted by molar-refractivity contribution is 8.09. The summed E-state index contributed by atoms with van der Waals surface area (Å²) in [6.07, 6.45) is 6.34. The van der Waals surface area contributed by atoms with Crippen molar-refractivity contribution in [3.8, 4) is 33.6 Å². The molecule has 0 radical (unpaired) electrons. The Morgan fingerprint density at radius 1 is 0.385 bits per heavy atom. The van der Waals surface area contributed by atoms with Crippen LogP contribution in [0.3, 0.4) is 0 Å². The number of thioether (sulfide) groups is 2. The van der Waals surface area contributed by atoms with E-state index in [0.717, 1.165) is 5.69 Å². The van der Waals surface area contributed by atoms with Gasteiger partial charge in [-0.2, -0.15) is 0 Å². The lowest BCUT2D eigenvalue weighted by molar-refractivity contribution is 1.15. The Balaban J connectivity index is 1.07. The number of fused-ring (bicyclic) bond motifs is 12. The topological polar surface area (TPSA) is 9.86 Å². The maximum atomic E-state index is 4.25. The minimum absolute atomic E-state index is 1.16. The van der Waals surface area contributed by atoms with E-state index < -0.39 is 0 Å². The summed E-state index contributed by atoms with van der Waals surface area (Å²) in [6.45, 7) is 6.34. The fourth-order valence-electron chi connectivity index (χ4n) is 9.87. The summed E-state index contributed by atoms with van der Waals surface area (Å²) < 4.78 is 5.03.